The molecule has 0 fully saturated rings. The zero-order valence-electron chi connectivity index (χ0n) is 25.0. The van der Waals surface area contributed by atoms with Gasteiger partial charge >= 0.3 is 5.97 Å². The Hall–Kier alpha value is -4.30. The molecular weight excluding hydrogens is 709 g/mol. The van der Waals surface area contributed by atoms with Gasteiger partial charge in [-0.2, -0.15) is 0 Å². The van der Waals surface area contributed by atoms with Crippen LogP contribution in [-0.2, 0) is 16.1 Å². The first kappa shape index (κ1) is 32.1. The molecule has 5 rings (SSSR count). The Labute approximate surface area is 276 Å². The summed E-state index contributed by atoms with van der Waals surface area (Å²) < 4.78 is 20.1. The number of nitro groups is 1. The molecule has 1 aromatic heterocycles. The van der Waals surface area contributed by atoms with Crippen molar-refractivity contribution in [3.8, 4) is 11.5 Å². The molecule has 10 nitrogen and oxygen atoms in total. The second-order valence-corrected chi connectivity index (χ2v) is 12.4. The second-order valence-electron chi connectivity index (χ2n) is 10.2. The predicted octanol–water partition coefficient (Wildman–Crippen LogP) is 5.60. The summed E-state index contributed by atoms with van der Waals surface area (Å²) in [5.74, 6) is 0.471. The van der Waals surface area contributed by atoms with Crippen molar-refractivity contribution < 1.29 is 23.9 Å². The Kier molecular flexibility index (Phi) is 9.83. The molecule has 232 valence electrons. The van der Waals surface area contributed by atoms with Crippen LogP contribution in [0.15, 0.2) is 81.7 Å². The average Bonchev–Trinajstić information content (AvgIpc) is 3.30. The molecule has 12 heteroatoms. The number of allylic oxidation sites excluding steroid dienone is 1. The number of halogens is 1. The largest absolute Gasteiger partial charge is 0.490 e. The number of aryl methyl sites for hydroxylation is 1. The fraction of sp³-hybridized carbons (Fsp3) is 0.242. The van der Waals surface area contributed by atoms with E-state index in [-0.39, 0.29) is 24.5 Å². The maximum absolute atomic E-state index is 14.0. The molecule has 0 amide bonds. The lowest BCUT2D eigenvalue weighted by molar-refractivity contribution is -0.384. The Morgan fingerprint density at radius 1 is 1.09 bits per heavy atom. The predicted molar refractivity (Wildman–Crippen MR) is 179 cm³/mol. The van der Waals surface area contributed by atoms with E-state index in [2.05, 4.69) is 27.6 Å². The first-order valence-corrected chi connectivity index (χ1v) is 16.1. The van der Waals surface area contributed by atoms with Crippen molar-refractivity contribution in [2.45, 2.75) is 40.3 Å². The van der Waals surface area contributed by atoms with E-state index >= 15 is 0 Å². The maximum atomic E-state index is 14.0. The van der Waals surface area contributed by atoms with Crippen molar-refractivity contribution in [1.82, 2.24) is 4.57 Å². The third kappa shape index (κ3) is 6.86. The summed E-state index contributed by atoms with van der Waals surface area (Å²) in [6.07, 6.45) is 1.77. The lowest BCUT2D eigenvalue weighted by Crippen LogP contribution is -2.39. The van der Waals surface area contributed by atoms with Crippen LogP contribution in [0.2, 0.25) is 0 Å². The fourth-order valence-corrected chi connectivity index (χ4v) is 6.82. The van der Waals surface area contributed by atoms with Gasteiger partial charge in [0.25, 0.3) is 11.2 Å². The highest BCUT2D eigenvalue weighted by molar-refractivity contribution is 14.1. The quantitative estimate of drug-likeness (QED) is 0.0899. The standard InChI is InChI=1S/C33H30IN3O7S/c1-5-42-26-16-22(15-25(34)30(26)44-18-21-8-7-9-24(14-21)37(40)41)17-27-31(38)36-29(23-12-10-19(3)11-13-23)28(32(39)43-6-2)20(4)35-33(36)45-27/h7-17,29H,5-6,18H2,1-4H3/b27-17+/t29-/m1/s1. The van der Waals surface area contributed by atoms with Gasteiger partial charge < -0.3 is 14.2 Å². The number of nitrogens with zero attached hydrogens (tertiary/aromatic N) is 3. The smallest absolute Gasteiger partial charge is 0.338 e. The molecule has 0 saturated carbocycles. The van der Waals surface area contributed by atoms with E-state index in [0.29, 0.717) is 49.8 Å². The minimum Gasteiger partial charge on any atom is -0.490 e. The number of aromatic nitrogens is 1. The van der Waals surface area contributed by atoms with Crippen LogP contribution < -0.4 is 24.4 Å². The molecule has 1 aliphatic heterocycles. The SMILES string of the molecule is CCOC(=O)C1=C(C)N=c2s/c(=C/c3cc(I)c(OCc4cccc([N+](=O)[O-])c4)c(OCC)c3)c(=O)n2[C@@H]1c1ccc(C)cc1. The van der Waals surface area contributed by atoms with Gasteiger partial charge in [-0.15, -0.1) is 0 Å². The van der Waals surface area contributed by atoms with E-state index in [0.717, 1.165) is 14.7 Å². The molecule has 0 saturated heterocycles. The van der Waals surface area contributed by atoms with E-state index < -0.39 is 16.9 Å². The first-order valence-electron chi connectivity index (χ1n) is 14.2. The van der Waals surface area contributed by atoms with Crippen molar-refractivity contribution in [3.05, 3.63) is 128 Å². The highest BCUT2D eigenvalue weighted by Crippen LogP contribution is 2.35. The maximum Gasteiger partial charge on any atom is 0.338 e. The molecule has 2 heterocycles. The number of ether oxygens (including phenoxy) is 3. The van der Waals surface area contributed by atoms with Crippen LogP contribution in [0.25, 0.3) is 6.08 Å². The Morgan fingerprint density at radius 3 is 2.53 bits per heavy atom. The summed E-state index contributed by atoms with van der Waals surface area (Å²) >= 11 is 3.39. The van der Waals surface area contributed by atoms with E-state index in [9.17, 15) is 19.7 Å². The Balaban J connectivity index is 1.56. The summed E-state index contributed by atoms with van der Waals surface area (Å²) in [6, 6.07) is 17.0. The molecule has 0 spiro atoms. The molecule has 0 bridgehead atoms. The van der Waals surface area contributed by atoms with Gasteiger partial charge in [-0.25, -0.2) is 9.79 Å². The number of carbonyl (C=O) groups excluding carboxylic acids is 1. The van der Waals surface area contributed by atoms with Crippen LogP contribution in [0, 0.1) is 20.6 Å². The summed E-state index contributed by atoms with van der Waals surface area (Å²) in [5.41, 5.74) is 3.74. The van der Waals surface area contributed by atoms with Crippen molar-refractivity contribution in [3.63, 3.8) is 0 Å². The number of carbonyl (C=O) groups is 1. The third-order valence-electron chi connectivity index (χ3n) is 7.04. The topological polar surface area (TPSA) is 122 Å². The van der Waals surface area contributed by atoms with E-state index in [1.807, 2.05) is 44.2 Å². The lowest BCUT2D eigenvalue weighted by Gasteiger charge is -2.24. The Bertz CT molecular complexity index is 2000. The molecule has 1 atom stereocenters. The molecule has 4 aromatic rings. The minimum absolute atomic E-state index is 0.0122. The van der Waals surface area contributed by atoms with Gasteiger partial charge in [-0.05, 0) is 85.2 Å². The molecule has 0 unspecified atom stereocenters. The summed E-state index contributed by atoms with van der Waals surface area (Å²) in [4.78, 5) is 43.0. The monoisotopic (exact) mass is 739 g/mol. The summed E-state index contributed by atoms with van der Waals surface area (Å²) in [6.45, 7) is 8.02. The fourth-order valence-electron chi connectivity index (χ4n) is 5.00. The molecule has 1 aliphatic rings. The van der Waals surface area contributed by atoms with E-state index in [1.54, 1.807) is 42.7 Å². The van der Waals surface area contributed by atoms with Gasteiger partial charge in [0.15, 0.2) is 16.3 Å². The number of fused-ring (bicyclic) bond motifs is 1. The number of hydrogen-bond donors (Lipinski definition) is 0. The zero-order chi connectivity index (χ0) is 32.2. The molecule has 0 aliphatic carbocycles. The first-order chi connectivity index (χ1) is 21.6. The number of thiazole rings is 1. The van der Waals surface area contributed by atoms with Crippen LogP contribution in [-0.4, -0.2) is 28.7 Å². The van der Waals surface area contributed by atoms with E-state index in [4.69, 9.17) is 14.2 Å². The minimum atomic E-state index is -0.688. The molecular formula is C33H30IN3O7S. The van der Waals surface area contributed by atoms with Gasteiger partial charge in [-0.3, -0.25) is 19.5 Å². The molecule has 0 radical (unpaired) electrons. The van der Waals surface area contributed by atoms with Crippen molar-refractivity contribution in [2.24, 2.45) is 4.99 Å². The van der Waals surface area contributed by atoms with Gasteiger partial charge in [0.1, 0.15) is 6.61 Å². The molecule has 3 aromatic carbocycles. The Morgan fingerprint density at radius 2 is 1.84 bits per heavy atom. The third-order valence-corrected chi connectivity index (χ3v) is 8.83. The molecule has 45 heavy (non-hydrogen) atoms. The molecule has 0 N–H and O–H groups in total. The summed E-state index contributed by atoms with van der Waals surface area (Å²) in [7, 11) is 0. The zero-order valence-corrected chi connectivity index (χ0v) is 28.0. The van der Waals surface area contributed by atoms with Gasteiger partial charge in [-0.1, -0.05) is 53.3 Å². The number of esters is 1. The summed E-state index contributed by atoms with van der Waals surface area (Å²) in [5, 5.41) is 11.2. The lowest BCUT2D eigenvalue weighted by atomic mass is 9.95. The normalized spacial score (nSPS) is 14.5. The van der Waals surface area contributed by atoms with Crippen LogP contribution >= 0.6 is 33.9 Å². The highest BCUT2D eigenvalue weighted by Gasteiger charge is 2.33. The number of hydrogen-bond acceptors (Lipinski definition) is 9. The van der Waals surface area contributed by atoms with Crippen LogP contribution in [0.4, 0.5) is 5.69 Å². The van der Waals surface area contributed by atoms with Crippen LogP contribution in [0.1, 0.15) is 49.1 Å². The van der Waals surface area contributed by atoms with Crippen molar-refractivity contribution >= 4 is 51.7 Å². The number of rotatable bonds is 10. The van der Waals surface area contributed by atoms with Crippen molar-refractivity contribution in [2.75, 3.05) is 13.2 Å². The second kappa shape index (κ2) is 13.8. The van der Waals surface area contributed by atoms with E-state index in [1.165, 1.54) is 23.5 Å². The van der Waals surface area contributed by atoms with Crippen LogP contribution in [0.5, 0.6) is 11.5 Å². The van der Waals surface area contributed by atoms with Crippen LogP contribution in [0.3, 0.4) is 0 Å². The van der Waals surface area contributed by atoms with Crippen molar-refractivity contribution in [1.29, 1.82) is 0 Å². The highest BCUT2D eigenvalue weighted by atomic mass is 127. The van der Waals surface area contributed by atoms with Gasteiger partial charge in [0.2, 0.25) is 0 Å². The number of nitro benzene ring substituents is 1. The number of benzene rings is 3. The number of non-ortho nitro benzene ring substituents is 1. The van der Waals surface area contributed by atoms with Gasteiger partial charge in [0, 0.05) is 12.1 Å². The average molecular weight is 740 g/mol. The van der Waals surface area contributed by atoms with Gasteiger partial charge in [0.05, 0.1) is 43.6 Å².